The molecule has 0 aromatic heterocycles. The second-order valence-electron chi connectivity index (χ2n) is 5.99. The van der Waals surface area contributed by atoms with Gasteiger partial charge in [-0.05, 0) is 50.5 Å². The van der Waals surface area contributed by atoms with E-state index in [1.54, 1.807) is 0 Å². The molecule has 0 aromatic carbocycles. The summed E-state index contributed by atoms with van der Waals surface area (Å²) in [5, 5.41) is 3.61. The van der Waals surface area contributed by atoms with Crippen LogP contribution in [0.2, 0.25) is 0 Å². The summed E-state index contributed by atoms with van der Waals surface area (Å²) >= 11 is 1.87. The van der Waals surface area contributed by atoms with Crippen molar-refractivity contribution in [2.75, 3.05) is 12.0 Å². The van der Waals surface area contributed by atoms with Gasteiger partial charge in [-0.3, -0.25) is 10.1 Å². The Kier molecular flexibility index (Phi) is 5.58. The Labute approximate surface area is 121 Å². The summed E-state index contributed by atoms with van der Waals surface area (Å²) in [4.78, 5) is 14.7. The Balaban J connectivity index is 2.07. The highest BCUT2D eigenvalue weighted by molar-refractivity contribution is 7.98. The Bertz CT molecular complexity index is 305. The largest absolute Gasteiger partial charge is 0.323 e. The lowest BCUT2D eigenvalue weighted by molar-refractivity contribution is -0.132. The second kappa shape index (κ2) is 6.98. The van der Waals surface area contributed by atoms with Crippen LogP contribution in [0, 0.1) is 5.92 Å². The van der Waals surface area contributed by atoms with Crippen molar-refractivity contribution >= 4 is 17.7 Å². The van der Waals surface area contributed by atoms with Gasteiger partial charge in [0.25, 0.3) is 0 Å². The van der Waals surface area contributed by atoms with Crippen molar-refractivity contribution in [1.29, 1.82) is 0 Å². The van der Waals surface area contributed by atoms with Crippen molar-refractivity contribution in [2.24, 2.45) is 5.92 Å². The third-order valence-electron chi connectivity index (χ3n) is 4.69. The number of carbonyl (C=O) groups excluding carboxylic acids is 1. The molecule has 1 aliphatic heterocycles. The van der Waals surface area contributed by atoms with Gasteiger partial charge in [-0.25, -0.2) is 0 Å². The molecular formula is C15H28N2OS. The third kappa shape index (κ3) is 3.27. The first kappa shape index (κ1) is 15.2. The van der Waals surface area contributed by atoms with Crippen LogP contribution in [0.5, 0.6) is 0 Å². The van der Waals surface area contributed by atoms with Gasteiger partial charge in [0.15, 0.2) is 0 Å². The molecule has 4 heteroatoms. The van der Waals surface area contributed by atoms with Crippen LogP contribution in [0.4, 0.5) is 0 Å². The van der Waals surface area contributed by atoms with E-state index in [1.165, 1.54) is 25.7 Å². The lowest BCUT2D eigenvalue weighted by Crippen LogP contribution is -2.47. The van der Waals surface area contributed by atoms with Crippen LogP contribution < -0.4 is 5.32 Å². The highest BCUT2D eigenvalue weighted by atomic mass is 32.2. The van der Waals surface area contributed by atoms with Crippen LogP contribution in [-0.4, -0.2) is 41.1 Å². The SMILES string of the molecule is CCC1NC(C2CCCC2)N(C(C)CCSC)C1=O. The monoisotopic (exact) mass is 284 g/mol. The normalized spacial score (nSPS) is 30.3. The topological polar surface area (TPSA) is 32.3 Å². The number of rotatable bonds is 6. The maximum atomic E-state index is 12.6. The molecular weight excluding hydrogens is 256 g/mol. The fraction of sp³-hybridized carbons (Fsp3) is 0.933. The molecule has 1 heterocycles. The van der Waals surface area contributed by atoms with Gasteiger partial charge in [-0.2, -0.15) is 11.8 Å². The number of hydrogen-bond acceptors (Lipinski definition) is 3. The predicted octanol–water partition coefficient (Wildman–Crippen LogP) is 2.85. The Morgan fingerprint density at radius 1 is 1.42 bits per heavy atom. The maximum absolute atomic E-state index is 12.6. The van der Waals surface area contributed by atoms with E-state index in [1.807, 2.05) is 11.8 Å². The molecule has 3 atom stereocenters. The molecule has 1 saturated carbocycles. The molecule has 0 bridgehead atoms. The summed E-state index contributed by atoms with van der Waals surface area (Å²) < 4.78 is 0. The smallest absolute Gasteiger partial charge is 0.241 e. The molecule has 1 amide bonds. The van der Waals surface area contributed by atoms with E-state index in [2.05, 4.69) is 30.3 Å². The van der Waals surface area contributed by atoms with Crippen LogP contribution in [0.1, 0.15) is 52.4 Å². The average Bonchev–Trinajstić information content (AvgIpc) is 3.03. The van der Waals surface area contributed by atoms with Gasteiger partial charge in [0.2, 0.25) is 5.91 Å². The highest BCUT2D eigenvalue weighted by Gasteiger charge is 2.44. The minimum atomic E-state index is 0.0577. The average molecular weight is 284 g/mol. The van der Waals surface area contributed by atoms with Gasteiger partial charge in [0, 0.05) is 6.04 Å². The van der Waals surface area contributed by atoms with E-state index in [9.17, 15) is 4.79 Å². The van der Waals surface area contributed by atoms with Gasteiger partial charge in [-0.15, -0.1) is 0 Å². The Morgan fingerprint density at radius 2 is 2.11 bits per heavy atom. The fourth-order valence-corrected chi connectivity index (χ4v) is 4.10. The van der Waals surface area contributed by atoms with E-state index < -0.39 is 0 Å². The molecule has 0 radical (unpaired) electrons. The molecule has 3 nitrogen and oxygen atoms in total. The number of thioether (sulfide) groups is 1. The van der Waals surface area contributed by atoms with E-state index in [4.69, 9.17) is 0 Å². The zero-order valence-electron chi connectivity index (χ0n) is 12.5. The first-order valence-electron chi connectivity index (χ1n) is 7.76. The summed E-state index contributed by atoms with van der Waals surface area (Å²) in [7, 11) is 0. The van der Waals surface area contributed by atoms with Crippen molar-refractivity contribution in [3.8, 4) is 0 Å². The van der Waals surface area contributed by atoms with Crippen LogP contribution in [0.15, 0.2) is 0 Å². The van der Waals surface area contributed by atoms with Crippen molar-refractivity contribution in [1.82, 2.24) is 10.2 Å². The van der Waals surface area contributed by atoms with Crippen molar-refractivity contribution < 1.29 is 4.79 Å². The van der Waals surface area contributed by atoms with Crippen LogP contribution in [0.3, 0.4) is 0 Å². The molecule has 2 aliphatic rings. The van der Waals surface area contributed by atoms with E-state index in [0.29, 0.717) is 24.0 Å². The van der Waals surface area contributed by atoms with Crippen molar-refractivity contribution in [2.45, 2.75) is 70.6 Å². The Morgan fingerprint density at radius 3 is 2.68 bits per heavy atom. The molecule has 1 N–H and O–H groups in total. The molecule has 110 valence electrons. The molecule has 0 aromatic rings. The number of hydrogen-bond donors (Lipinski definition) is 1. The standard InChI is InChI=1S/C15H28N2OS/c1-4-13-15(18)17(11(2)9-10-19-3)14(16-13)12-7-5-6-8-12/h11-14,16H,4-10H2,1-3H3. The van der Waals surface area contributed by atoms with Crippen molar-refractivity contribution in [3.05, 3.63) is 0 Å². The predicted molar refractivity (Wildman–Crippen MR) is 82.3 cm³/mol. The third-order valence-corrected chi connectivity index (χ3v) is 5.34. The number of carbonyl (C=O) groups is 1. The molecule has 0 spiro atoms. The number of amides is 1. The zero-order chi connectivity index (χ0) is 13.8. The van der Waals surface area contributed by atoms with Gasteiger partial charge < -0.3 is 4.90 Å². The summed E-state index contributed by atoms with van der Waals surface area (Å²) in [5.74, 6) is 2.16. The van der Waals surface area contributed by atoms with Crippen LogP contribution in [0.25, 0.3) is 0 Å². The lowest BCUT2D eigenvalue weighted by Gasteiger charge is -2.34. The number of nitrogens with one attached hydrogen (secondary N) is 1. The quantitative estimate of drug-likeness (QED) is 0.814. The van der Waals surface area contributed by atoms with Crippen molar-refractivity contribution in [3.63, 3.8) is 0 Å². The highest BCUT2D eigenvalue weighted by Crippen LogP contribution is 2.33. The van der Waals surface area contributed by atoms with Gasteiger partial charge >= 0.3 is 0 Å². The molecule has 2 rings (SSSR count). The van der Waals surface area contributed by atoms with E-state index in [-0.39, 0.29) is 6.04 Å². The first-order valence-corrected chi connectivity index (χ1v) is 9.15. The molecule has 1 saturated heterocycles. The Hall–Kier alpha value is -0.220. The van der Waals surface area contributed by atoms with Gasteiger partial charge in [0.05, 0.1) is 12.2 Å². The zero-order valence-corrected chi connectivity index (χ0v) is 13.3. The number of nitrogens with zero attached hydrogens (tertiary/aromatic N) is 1. The molecule has 2 fully saturated rings. The summed E-state index contributed by atoms with van der Waals surface area (Å²) in [6.07, 6.45) is 9.70. The van der Waals surface area contributed by atoms with Crippen LogP contribution in [-0.2, 0) is 4.79 Å². The van der Waals surface area contributed by atoms with E-state index >= 15 is 0 Å². The molecule has 19 heavy (non-hydrogen) atoms. The van der Waals surface area contributed by atoms with Gasteiger partial charge in [0.1, 0.15) is 0 Å². The minimum absolute atomic E-state index is 0.0577. The summed E-state index contributed by atoms with van der Waals surface area (Å²) in [5.41, 5.74) is 0. The van der Waals surface area contributed by atoms with Gasteiger partial charge in [-0.1, -0.05) is 19.8 Å². The first-order chi connectivity index (χ1) is 9.19. The summed E-state index contributed by atoms with van der Waals surface area (Å²) in [6, 6.07) is 0.428. The van der Waals surface area contributed by atoms with Crippen LogP contribution >= 0.6 is 11.8 Å². The second-order valence-corrected chi connectivity index (χ2v) is 6.98. The minimum Gasteiger partial charge on any atom is -0.323 e. The van der Waals surface area contributed by atoms with E-state index in [0.717, 1.165) is 18.6 Å². The summed E-state index contributed by atoms with van der Waals surface area (Å²) in [6.45, 7) is 4.33. The molecule has 1 aliphatic carbocycles. The fourth-order valence-electron chi connectivity index (χ4n) is 3.52. The molecule has 3 unspecified atom stereocenters. The lowest BCUT2D eigenvalue weighted by atomic mass is 10.0. The maximum Gasteiger partial charge on any atom is 0.241 e.